The molecule has 0 amide bonds. The molecular weight excluding hydrogens is 144 g/mol. The lowest BCUT2D eigenvalue weighted by Crippen LogP contribution is -2.34. The third-order valence-electron chi connectivity index (χ3n) is 1.43. The summed E-state index contributed by atoms with van der Waals surface area (Å²) in [4.78, 5) is 1.44. The molecule has 5 heteroatoms. The van der Waals surface area contributed by atoms with Crippen molar-refractivity contribution in [1.29, 1.82) is 0 Å². The molecule has 1 aromatic heterocycles. The summed E-state index contributed by atoms with van der Waals surface area (Å²) in [7, 11) is 1.60. The van der Waals surface area contributed by atoms with Crippen molar-refractivity contribution in [3.63, 3.8) is 0 Å². The van der Waals surface area contributed by atoms with Crippen LogP contribution in [0.2, 0.25) is 0 Å². The molecule has 0 radical (unpaired) electrons. The Balaban J connectivity index is 2.58. The highest BCUT2D eigenvalue weighted by atomic mass is 16.3. The van der Waals surface area contributed by atoms with E-state index in [1.165, 1.54) is 9.48 Å². The minimum absolute atomic E-state index is 0.291. The second-order valence-corrected chi connectivity index (χ2v) is 2.45. The van der Waals surface area contributed by atoms with E-state index >= 15 is 0 Å². The maximum Gasteiger partial charge on any atom is 0.266 e. The SMILES string of the molecule is CCCCn1nc([O-])[n+](C)n1. The Bertz CT molecular complexity index is 213. The zero-order chi connectivity index (χ0) is 8.27. The van der Waals surface area contributed by atoms with Crippen molar-refractivity contribution in [2.75, 3.05) is 0 Å². The number of hydrogen-bond acceptors (Lipinski definition) is 3. The van der Waals surface area contributed by atoms with Gasteiger partial charge in [-0.1, -0.05) is 13.3 Å². The van der Waals surface area contributed by atoms with Gasteiger partial charge in [0.05, 0.1) is 17.4 Å². The van der Waals surface area contributed by atoms with Gasteiger partial charge in [-0.2, -0.15) is 0 Å². The fraction of sp³-hybridized carbons (Fsp3) is 0.833. The lowest BCUT2D eigenvalue weighted by atomic mass is 10.3. The van der Waals surface area contributed by atoms with E-state index in [2.05, 4.69) is 17.2 Å². The maximum absolute atomic E-state index is 10.8. The molecule has 0 fully saturated rings. The highest BCUT2D eigenvalue weighted by Gasteiger charge is 2.05. The summed E-state index contributed by atoms with van der Waals surface area (Å²) in [6.07, 6.45) is 2.09. The molecule has 0 aliphatic heterocycles. The van der Waals surface area contributed by atoms with Crippen molar-refractivity contribution in [1.82, 2.24) is 15.1 Å². The van der Waals surface area contributed by atoms with Crippen molar-refractivity contribution in [3.05, 3.63) is 0 Å². The highest BCUT2D eigenvalue weighted by Crippen LogP contribution is 1.90. The molecule has 62 valence electrons. The Kier molecular flexibility index (Phi) is 2.40. The van der Waals surface area contributed by atoms with E-state index in [1.54, 1.807) is 7.05 Å². The summed E-state index contributed by atoms with van der Waals surface area (Å²) in [5.41, 5.74) is 0. The van der Waals surface area contributed by atoms with E-state index < -0.39 is 0 Å². The van der Waals surface area contributed by atoms with Gasteiger partial charge in [0, 0.05) is 0 Å². The van der Waals surface area contributed by atoms with E-state index in [9.17, 15) is 5.11 Å². The second kappa shape index (κ2) is 3.32. The lowest BCUT2D eigenvalue weighted by Gasteiger charge is -1.85. The fourth-order valence-corrected chi connectivity index (χ4v) is 0.771. The van der Waals surface area contributed by atoms with Crippen LogP contribution in [0.15, 0.2) is 0 Å². The standard InChI is InChI=1S/C6H12N4O/c1-3-4-5-10-7-6(11)9(2)8-10/h3-5H2,1-2H3. The molecule has 0 N–H and O–H groups in total. The number of nitrogens with zero attached hydrogens (tertiary/aromatic N) is 4. The third kappa shape index (κ3) is 1.89. The Morgan fingerprint density at radius 3 is 2.82 bits per heavy atom. The second-order valence-electron chi connectivity index (χ2n) is 2.45. The first-order valence-corrected chi connectivity index (χ1v) is 3.72. The van der Waals surface area contributed by atoms with Gasteiger partial charge in [0.15, 0.2) is 0 Å². The van der Waals surface area contributed by atoms with Crippen LogP contribution in [0.3, 0.4) is 0 Å². The first kappa shape index (κ1) is 7.97. The Morgan fingerprint density at radius 1 is 1.64 bits per heavy atom. The largest absolute Gasteiger partial charge is 0.816 e. The number of tetrazole rings is 1. The van der Waals surface area contributed by atoms with Gasteiger partial charge in [-0.15, -0.1) is 4.68 Å². The first-order valence-electron chi connectivity index (χ1n) is 3.72. The molecule has 0 aromatic carbocycles. The number of aromatic nitrogens is 4. The zero-order valence-corrected chi connectivity index (χ0v) is 6.82. The van der Waals surface area contributed by atoms with Crippen LogP contribution in [0.1, 0.15) is 19.8 Å². The number of hydrogen-bond donors (Lipinski definition) is 0. The van der Waals surface area contributed by atoms with Crippen LogP contribution in [-0.4, -0.2) is 15.1 Å². The molecule has 1 heterocycles. The molecule has 0 aliphatic rings. The number of unbranched alkanes of at least 4 members (excludes halogenated alkanes) is 1. The number of aryl methyl sites for hydroxylation is 2. The molecule has 0 atom stereocenters. The van der Waals surface area contributed by atoms with Crippen LogP contribution in [0.5, 0.6) is 6.01 Å². The van der Waals surface area contributed by atoms with Crippen LogP contribution in [0.25, 0.3) is 0 Å². The quantitative estimate of drug-likeness (QED) is 0.526. The Labute approximate surface area is 65.2 Å². The van der Waals surface area contributed by atoms with Gasteiger partial charge in [-0.3, -0.25) is 0 Å². The van der Waals surface area contributed by atoms with E-state index in [0.29, 0.717) is 0 Å². The summed E-state index contributed by atoms with van der Waals surface area (Å²) >= 11 is 0. The van der Waals surface area contributed by atoms with Crippen molar-refractivity contribution in [2.45, 2.75) is 26.3 Å². The molecule has 1 rings (SSSR count). The van der Waals surface area contributed by atoms with Crippen molar-refractivity contribution in [2.24, 2.45) is 7.05 Å². The third-order valence-corrected chi connectivity index (χ3v) is 1.43. The van der Waals surface area contributed by atoms with Gasteiger partial charge in [0.1, 0.15) is 6.54 Å². The van der Waals surface area contributed by atoms with Gasteiger partial charge < -0.3 is 5.11 Å². The van der Waals surface area contributed by atoms with Crippen LogP contribution >= 0.6 is 0 Å². The minimum Gasteiger partial charge on any atom is -0.816 e. The Hall–Kier alpha value is -1.13. The van der Waals surface area contributed by atoms with E-state index in [1.807, 2.05) is 0 Å². The van der Waals surface area contributed by atoms with Gasteiger partial charge in [-0.05, 0) is 11.2 Å². The molecular formula is C6H12N4O. The average Bonchev–Trinajstić information content (AvgIpc) is 2.28. The smallest absolute Gasteiger partial charge is 0.266 e. The molecule has 1 aromatic rings. The van der Waals surface area contributed by atoms with Gasteiger partial charge in [-0.25, -0.2) is 0 Å². The van der Waals surface area contributed by atoms with Gasteiger partial charge in [0.2, 0.25) is 0 Å². The van der Waals surface area contributed by atoms with Gasteiger partial charge in [0.25, 0.3) is 6.01 Å². The summed E-state index contributed by atoms with van der Waals surface area (Å²) in [5, 5.41) is 18.3. The van der Waals surface area contributed by atoms with Crippen molar-refractivity contribution >= 4 is 0 Å². The monoisotopic (exact) mass is 156 g/mol. The normalized spacial score (nSPS) is 10.4. The Morgan fingerprint density at radius 2 is 2.36 bits per heavy atom. The fourth-order valence-electron chi connectivity index (χ4n) is 0.771. The maximum atomic E-state index is 10.8. The molecule has 0 aliphatic carbocycles. The van der Waals surface area contributed by atoms with Crippen LogP contribution in [0, 0.1) is 0 Å². The molecule has 0 unspecified atom stereocenters. The number of rotatable bonds is 3. The molecule has 0 bridgehead atoms. The summed E-state index contributed by atoms with van der Waals surface area (Å²) < 4.78 is 1.23. The van der Waals surface area contributed by atoms with Crippen LogP contribution in [0.4, 0.5) is 0 Å². The van der Waals surface area contributed by atoms with Crippen molar-refractivity contribution in [3.8, 4) is 6.01 Å². The summed E-state index contributed by atoms with van der Waals surface area (Å²) in [6.45, 7) is 2.81. The van der Waals surface area contributed by atoms with Crippen LogP contribution < -0.4 is 9.79 Å². The van der Waals surface area contributed by atoms with Gasteiger partial charge >= 0.3 is 0 Å². The molecule has 0 saturated heterocycles. The molecule has 11 heavy (non-hydrogen) atoms. The molecule has 0 saturated carbocycles. The van der Waals surface area contributed by atoms with E-state index in [4.69, 9.17) is 0 Å². The summed E-state index contributed by atoms with van der Waals surface area (Å²) in [5.74, 6) is 0. The van der Waals surface area contributed by atoms with E-state index in [-0.39, 0.29) is 6.01 Å². The lowest BCUT2D eigenvalue weighted by molar-refractivity contribution is -0.767. The van der Waals surface area contributed by atoms with E-state index in [0.717, 1.165) is 19.4 Å². The average molecular weight is 156 g/mol. The molecule has 0 spiro atoms. The topological polar surface area (TPSA) is 57.6 Å². The zero-order valence-electron chi connectivity index (χ0n) is 6.82. The van der Waals surface area contributed by atoms with Crippen LogP contribution in [-0.2, 0) is 13.6 Å². The summed E-state index contributed by atoms with van der Waals surface area (Å²) in [6, 6.07) is -0.291. The first-order chi connectivity index (χ1) is 5.24. The van der Waals surface area contributed by atoms with Crippen molar-refractivity contribution < 1.29 is 9.79 Å². The highest BCUT2D eigenvalue weighted by molar-refractivity contribution is 4.62. The predicted molar refractivity (Wildman–Crippen MR) is 35.6 cm³/mol. The predicted octanol–water partition coefficient (Wildman–Crippen LogP) is -1.02. The minimum atomic E-state index is -0.291. The molecule has 5 nitrogen and oxygen atoms in total.